The second-order valence-corrected chi connectivity index (χ2v) is 3.54. The smallest absolute Gasteiger partial charge is 0.249 e. The van der Waals surface area contributed by atoms with Crippen LogP contribution in [0.4, 0.5) is 0 Å². The summed E-state index contributed by atoms with van der Waals surface area (Å²) in [5.74, 6) is -0.781. The second-order valence-electron chi connectivity index (χ2n) is 3.54. The Balaban J connectivity index is 2.86. The Bertz CT molecular complexity index is 402. The van der Waals surface area contributed by atoms with Crippen LogP contribution in [-0.2, 0) is 0 Å². The molecule has 0 saturated carbocycles. The Kier molecular flexibility index (Phi) is 4.16. The zero-order valence-corrected chi connectivity index (χ0v) is 8.85. The van der Waals surface area contributed by atoms with Crippen molar-refractivity contribution in [3.8, 4) is 0 Å². The Labute approximate surface area is 93.6 Å². The summed E-state index contributed by atoms with van der Waals surface area (Å²) in [5, 5.41) is 0. The summed E-state index contributed by atoms with van der Waals surface area (Å²) in [7, 11) is 0. The van der Waals surface area contributed by atoms with Crippen LogP contribution < -0.4 is 17.2 Å². The highest BCUT2D eigenvalue weighted by Crippen LogP contribution is 2.11. The topological polar surface area (TPSA) is 112 Å². The molecule has 5 nitrogen and oxygen atoms in total. The van der Waals surface area contributed by atoms with Crippen LogP contribution in [-0.4, -0.2) is 17.9 Å². The van der Waals surface area contributed by atoms with Gasteiger partial charge >= 0.3 is 0 Å². The van der Waals surface area contributed by atoms with Gasteiger partial charge in [-0.2, -0.15) is 0 Å². The zero-order chi connectivity index (χ0) is 12.1. The number of carbonyl (C=O) groups is 2. The van der Waals surface area contributed by atoms with Gasteiger partial charge in [0.1, 0.15) is 0 Å². The first-order chi connectivity index (χ1) is 7.52. The molecule has 1 aromatic carbocycles. The Hall–Kier alpha value is -1.72. The molecule has 6 N–H and O–H groups in total. The van der Waals surface area contributed by atoms with Crippen molar-refractivity contribution in [2.24, 2.45) is 17.2 Å². The molecule has 16 heavy (non-hydrogen) atoms. The molecule has 0 bridgehead atoms. The first kappa shape index (κ1) is 12.4. The second kappa shape index (κ2) is 5.39. The Morgan fingerprint density at radius 2 is 1.69 bits per heavy atom. The molecular weight excluding hydrogens is 206 g/mol. The number of primary amides is 1. The summed E-state index contributed by atoms with van der Waals surface area (Å²) in [6, 6.07) is 6.44. The summed E-state index contributed by atoms with van der Waals surface area (Å²) in [4.78, 5) is 22.8. The maximum Gasteiger partial charge on any atom is 0.249 e. The third-order valence-electron chi connectivity index (χ3n) is 2.20. The van der Waals surface area contributed by atoms with Crippen molar-refractivity contribution in [2.75, 3.05) is 0 Å². The molecule has 1 amide bonds. The number of benzene rings is 1. The lowest BCUT2D eigenvalue weighted by Crippen LogP contribution is -2.31. The van der Waals surface area contributed by atoms with E-state index in [1.165, 1.54) is 6.07 Å². The van der Waals surface area contributed by atoms with Crippen LogP contribution in [0, 0.1) is 0 Å². The third-order valence-corrected chi connectivity index (χ3v) is 2.20. The van der Waals surface area contributed by atoms with Crippen LogP contribution in [0.25, 0.3) is 0 Å². The van der Waals surface area contributed by atoms with Crippen LogP contribution in [0.3, 0.4) is 0 Å². The van der Waals surface area contributed by atoms with Gasteiger partial charge in [0.2, 0.25) is 5.91 Å². The average molecular weight is 221 g/mol. The van der Waals surface area contributed by atoms with Gasteiger partial charge in [-0.3, -0.25) is 9.59 Å². The fourth-order valence-electron chi connectivity index (χ4n) is 1.37. The van der Waals surface area contributed by atoms with Gasteiger partial charge in [0.05, 0.1) is 6.17 Å². The van der Waals surface area contributed by atoms with Crippen molar-refractivity contribution in [3.63, 3.8) is 0 Å². The van der Waals surface area contributed by atoms with Gasteiger partial charge in [0, 0.05) is 17.5 Å². The minimum absolute atomic E-state index is 0.171. The van der Waals surface area contributed by atoms with Crippen LogP contribution in [0.1, 0.15) is 33.6 Å². The highest BCUT2D eigenvalue weighted by Gasteiger charge is 2.14. The maximum absolute atomic E-state index is 11.8. The summed E-state index contributed by atoms with van der Waals surface area (Å²) >= 11 is 0. The summed E-state index contributed by atoms with van der Waals surface area (Å²) in [6.07, 6.45) is 0.0677. The number of Topliss-reactive ketones (excluding diaryl/α,β-unsaturated/α-hetero) is 1. The monoisotopic (exact) mass is 221 g/mol. The van der Waals surface area contributed by atoms with E-state index >= 15 is 0 Å². The fourth-order valence-corrected chi connectivity index (χ4v) is 1.37. The summed E-state index contributed by atoms with van der Waals surface area (Å²) in [6.45, 7) is 0. The van der Waals surface area contributed by atoms with Crippen LogP contribution in [0.15, 0.2) is 24.3 Å². The van der Waals surface area contributed by atoms with E-state index in [1.54, 1.807) is 18.2 Å². The van der Waals surface area contributed by atoms with E-state index < -0.39 is 12.1 Å². The van der Waals surface area contributed by atoms with Crippen molar-refractivity contribution in [2.45, 2.75) is 19.0 Å². The number of nitrogens with two attached hydrogens (primary N) is 3. The van der Waals surface area contributed by atoms with E-state index in [9.17, 15) is 9.59 Å². The molecular formula is C11H15N3O2. The van der Waals surface area contributed by atoms with E-state index in [2.05, 4.69) is 0 Å². The number of hydrogen-bond acceptors (Lipinski definition) is 4. The molecule has 0 aliphatic rings. The van der Waals surface area contributed by atoms with Gasteiger partial charge in [0.25, 0.3) is 0 Å². The number of hydrogen-bond donors (Lipinski definition) is 3. The first-order valence-corrected chi connectivity index (χ1v) is 4.95. The molecule has 86 valence electrons. The molecule has 5 heteroatoms. The number of amides is 1. The normalized spacial score (nSPS) is 10.4. The lowest BCUT2D eigenvalue weighted by atomic mass is 10.00. The Morgan fingerprint density at radius 1 is 1.12 bits per heavy atom. The molecule has 1 aromatic rings. The lowest BCUT2D eigenvalue weighted by Gasteiger charge is -2.07. The van der Waals surface area contributed by atoms with Crippen molar-refractivity contribution in [1.29, 1.82) is 0 Å². The molecule has 0 atom stereocenters. The fraction of sp³-hybridized carbons (Fsp3) is 0.273. The van der Waals surface area contributed by atoms with Crippen LogP contribution >= 0.6 is 0 Å². The predicted octanol–water partition coefficient (Wildman–Crippen LogP) is -0.00810. The molecule has 0 fully saturated rings. The molecule has 0 saturated heterocycles. The largest absolute Gasteiger partial charge is 0.366 e. The van der Waals surface area contributed by atoms with Crippen molar-refractivity contribution in [3.05, 3.63) is 35.4 Å². The quantitative estimate of drug-likeness (QED) is 0.479. The molecule has 0 spiro atoms. The summed E-state index contributed by atoms with van der Waals surface area (Å²) in [5.41, 5.74) is 16.4. The van der Waals surface area contributed by atoms with E-state index in [1.807, 2.05) is 0 Å². The van der Waals surface area contributed by atoms with Gasteiger partial charge < -0.3 is 17.2 Å². The number of ketones is 1. The number of carbonyl (C=O) groups excluding carboxylic acids is 2. The van der Waals surface area contributed by atoms with Crippen molar-refractivity contribution in [1.82, 2.24) is 0 Å². The van der Waals surface area contributed by atoms with Crippen molar-refractivity contribution >= 4 is 11.7 Å². The molecule has 0 aromatic heterocycles. The van der Waals surface area contributed by atoms with Crippen molar-refractivity contribution < 1.29 is 9.59 Å². The molecule has 0 aliphatic carbocycles. The lowest BCUT2D eigenvalue weighted by molar-refractivity contribution is 0.0954. The first-order valence-electron chi connectivity index (χ1n) is 4.95. The number of rotatable bonds is 5. The van der Waals surface area contributed by atoms with Gasteiger partial charge in [-0.05, 0) is 12.5 Å². The van der Waals surface area contributed by atoms with Gasteiger partial charge in [0.15, 0.2) is 5.78 Å². The van der Waals surface area contributed by atoms with Gasteiger partial charge in [-0.1, -0.05) is 18.2 Å². The minimum atomic E-state index is -0.610. The SMILES string of the molecule is NC(=O)c1ccccc1C(=O)CCC(N)N. The molecule has 0 radical (unpaired) electrons. The van der Waals surface area contributed by atoms with E-state index in [4.69, 9.17) is 17.2 Å². The van der Waals surface area contributed by atoms with E-state index in [0.29, 0.717) is 12.0 Å². The van der Waals surface area contributed by atoms with Crippen LogP contribution in [0.5, 0.6) is 0 Å². The highest BCUT2D eigenvalue weighted by atomic mass is 16.1. The van der Waals surface area contributed by atoms with Gasteiger partial charge in [-0.15, -0.1) is 0 Å². The minimum Gasteiger partial charge on any atom is -0.366 e. The molecule has 0 heterocycles. The highest BCUT2D eigenvalue weighted by molar-refractivity contribution is 6.07. The molecule has 0 aliphatic heterocycles. The standard InChI is InChI=1S/C11H15N3O2/c12-10(13)6-5-9(15)7-3-1-2-4-8(7)11(14)16/h1-4,10H,5-6,12-13H2,(H2,14,16). The zero-order valence-electron chi connectivity index (χ0n) is 8.85. The summed E-state index contributed by atoms with van der Waals surface area (Å²) < 4.78 is 0. The van der Waals surface area contributed by atoms with E-state index in [-0.39, 0.29) is 17.8 Å². The molecule has 1 rings (SSSR count). The van der Waals surface area contributed by atoms with Crippen LogP contribution in [0.2, 0.25) is 0 Å². The average Bonchev–Trinajstić information content (AvgIpc) is 2.25. The Morgan fingerprint density at radius 3 is 2.19 bits per heavy atom. The predicted molar refractivity (Wildman–Crippen MR) is 60.7 cm³/mol. The van der Waals surface area contributed by atoms with Gasteiger partial charge in [-0.25, -0.2) is 0 Å². The third kappa shape index (κ3) is 3.15. The van der Waals surface area contributed by atoms with E-state index in [0.717, 1.165) is 0 Å². The maximum atomic E-state index is 11.8. The molecule has 0 unspecified atom stereocenters.